The molecule has 0 saturated heterocycles. The molecule has 1 N–H and O–H groups in total. The number of aryl methyl sites for hydroxylation is 2. The zero-order chi connectivity index (χ0) is 31.9. The molecule has 7 nitrogen and oxygen atoms in total. The average Bonchev–Trinajstić information content (AvgIpc) is 2.99. The van der Waals surface area contributed by atoms with E-state index in [2.05, 4.69) is 5.32 Å². The monoisotopic (exact) mass is 615 g/mol. The third-order valence-electron chi connectivity index (χ3n) is 7.18. The molecule has 230 valence electrons. The maximum Gasteiger partial charge on any atom is 0.264 e. The Morgan fingerprint density at radius 1 is 0.773 bits per heavy atom. The summed E-state index contributed by atoms with van der Waals surface area (Å²) in [6.45, 7) is 7.03. The number of nitrogens with one attached hydrogen (secondary N) is 1. The normalized spacial score (nSPS) is 12.0. The second kappa shape index (κ2) is 14.3. The van der Waals surface area contributed by atoms with Gasteiger partial charge < -0.3 is 10.2 Å². The van der Waals surface area contributed by atoms with Gasteiger partial charge in [-0.1, -0.05) is 77.9 Å². The molecule has 0 bridgehead atoms. The first-order chi connectivity index (χ1) is 20.9. The number of anilines is 1. The summed E-state index contributed by atoms with van der Waals surface area (Å²) in [4.78, 5) is 29.4. The molecule has 4 rings (SSSR count). The van der Waals surface area contributed by atoms with Crippen LogP contribution in [0.1, 0.15) is 36.1 Å². The average molecular weight is 616 g/mol. The molecular weight excluding hydrogens is 577 g/mol. The molecule has 1 atom stereocenters. The standard InChI is InChI=1S/C35H38FN3O4S/c1-25(2)37-35(41)33(22-28-8-6-5-7-9-28)38(23-29-14-10-26(3)11-15-29)34(40)24-39(31-18-12-27(4)13-19-31)44(42,43)32-20-16-30(36)17-21-32/h5-21,25,33H,22-24H2,1-4H3,(H,37,41)/t33-/m0/s1. The lowest BCUT2D eigenvalue weighted by Gasteiger charge is -2.34. The van der Waals surface area contributed by atoms with E-state index in [1.807, 2.05) is 82.3 Å². The summed E-state index contributed by atoms with van der Waals surface area (Å²) in [5.74, 6) is -1.48. The van der Waals surface area contributed by atoms with Crippen LogP contribution in [0.25, 0.3) is 0 Å². The number of sulfonamides is 1. The molecule has 4 aromatic rings. The first-order valence-electron chi connectivity index (χ1n) is 14.5. The van der Waals surface area contributed by atoms with Crippen LogP contribution in [0.4, 0.5) is 10.1 Å². The summed E-state index contributed by atoms with van der Waals surface area (Å²) in [6, 6.07) is 27.2. The Bertz CT molecular complexity index is 1660. The highest BCUT2D eigenvalue weighted by atomic mass is 32.2. The van der Waals surface area contributed by atoms with Gasteiger partial charge in [-0.15, -0.1) is 0 Å². The molecule has 0 fully saturated rings. The predicted octanol–water partition coefficient (Wildman–Crippen LogP) is 5.80. The lowest BCUT2D eigenvalue weighted by molar-refractivity contribution is -0.140. The molecular formula is C35H38FN3O4S. The van der Waals surface area contributed by atoms with Crippen molar-refractivity contribution >= 4 is 27.5 Å². The van der Waals surface area contributed by atoms with Gasteiger partial charge in [0.2, 0.25) is 11.8 Å². The van der Waals surface area contributed by atoms with Crippen molar-refractivity contribution in [3.63, 3.8) is 0 Å². The molecule has 4 aromatic carbocycles. The maximum atomic E-state index is 14.4. The van der Waals surface area contributed by atoms with E-state index >= 15 is 0 Å². The van der Waals surface area contributed by atoms with Crippen molar-refractivity contribution in [3.8, 4) is 0 Å². The quantitative estimate of drug-likeness (QED) is 0.218. The van der Waals surface area contributed by atoms with Crippen LogP contribution in [0.15, 0.2) is 108 Å². The third kappa shape index (κ3) is 8.32. The van der Waals surface area contributed by atoms with Crippen molar-refractivity contribution in [2.45, 2.75) is 57.6 Å². The number of benzene rings is 4. The summed E-state index contributed by atoms with van der Waals surface area (Å²) < 4.78 is 42.7. The molecule has 0 radical (unpaired) electrons. The Hall–Kier alpha value is -4.50. The van der Waals surface area contributed by atoms with Gasteiger partial charge in [-0.25, -0.2) is 12.8 Å². The van der Waals surface area contributed by atoms with Crippen molar-refractivity contribution in [2.24, 2.45) is 0 Å². The van der Waals surface area contributed by atoms with E-state index in [-0.39, 0.29) is 35.5 Å². The summed E-state index contributed by atoms with van der Waals surface area (Å²) in [7, 11) is -4.30. The third-order valence-corrected chi connectivity index (χ3v) is 8.97. The van der Waals surface area contributed by atoms with Crippen LogP contribution in [-0.4, -0.2) is 43.8 Å². The highest BCUT2D eigenvalue weighted by Crippen LogP contribution is 2.26. The number of carbonyl (C=O) groups is 2. The highest BCUT2D eigenvalue weighted by Gasteiger charge is 2.34. The number of nitrogens with zero attached hydrogens (tertiary/aromatic N) is 2. The van der Waals surface area contributed by atoms with Crippen LogP contribution < -0.4 is 9.62 Å². The minimum Gasteiger partial charge on any atom is -0.352 e. The minimum atomic E-state index is -4.30. The molecule has 0 unspecified atom stereocenters. The van der Waals surface area contributed by atoms with Crippen molar-refractivity contribution in [1.82, 2.24) is 10.2 Å². The number of halogens is 1. The van der Waals surface area contributed by atoms with E-state index in [1.54, 1.807) is 24.3 Å². The molecule has 0 heterocycles. The van der Waals surface area contributed by atoms with Crippen LogP contribution in [0, 0.1) is 19.7 Å². The number of hydrogen-bond donors (Lipinski definition) is 1. The Labute approximate surface area is 259 Å². The van der Waals surface area contributed by atoms with Gasteiger partial charge in [-0.05, 0) is 75.2 Å². The molecule has 0 spiro atoms. The first kappa shape index (κ1) is 32.4. The van der Waals surface area contributed by atoms with Crippen molar-refractivity contribution in [1.29, 1.82) is 0 Å². The fourth-order valence-corrected chi connectivity index (χ4v) is 6.21. The Balaban J connectivity index is 1.79. The van der Waals surface area contributed by atoms with E-state index in [9.17, 15) is 22.4 Å². The zero-order valence-corrected chi connectivity index (χ0v) is 26.2. The predicted molar refractivity (Wildman–Crippen MR) is 171 cm³/mol. The zero-order valence-electron chi connectivity index (χ0n) is 25.4. The minimum absolute atomic E-state index is 0.0838. The second-order valence-electron chi connectivity index (χ2n) is 11.2. The lowest BCUT2D eigenvalue weighted by atomic mass is 10.0. The Kier molecular flexibility index (Phi) is 10.5. The smallest absolute Gasteiger partial charge is 0.264 e. The lowest BCUT2D eigenvalue weighted by Crippen LogP contribution is -2.54. The van der Waals surface area contributed by atoms with Gasteiger partial charge >= 0.3 is 0 Å². The van der Waals surface area contributed by atoms with Gasteiger partial charge in [-0.3, -0.25) is 13.9 Å². The molecule has 0 aliphatic heterocycles. The van der Waals surface area contributed by atoms with Crippen molar-refractivity contribution < 1.29 is 22.4 Å². The van der Waals surface area contributed by atoms with Crippen LogP contribution in [0.3, 0.4) is 0 Å². The largest absolute Gasteiger partial charge is 0.352 e. The highest BCUT2D eigenvalue weighted by molar-refractivity contribution is 7.92. The summed E-state index contributed by atoms with van der Waals surface area (Å²) >= 11 is 0. The molecule has 44 heavy (non-hydrogen) atoms. The number of rotatable bonds is 12. The fourth-order valence-electron chi connectivity index (χ4n) is 4.80. The van der Waals surface area contributed by atoms with Gasteiger partial charge in [0.15, 0.2) is 0 Å². The number of carbonyl (C=O) groups excluding carboxylic acids is 2. The van der Waals surface area contributed by atoms with Crippen molar-refractivity contribution in [3.05, 3.63) is 131 Å². The first-order valence-corrected chi connectivity index (χ1v) is 15.9. The SMILES string of the molecule is Cc1ccc(CN(C(=O)CN(c2ccc(C)cc2)S(=O)(=O)c2ccc(F)cc2)[C@@H](Cc2ccccc2)C(=O)NC(C)C)cc1. The van der Waals surface area contributed by atoms with Crippen LogP contribution in [0.2, 0.25) is 0 Å². The summed E-state index contributed by atoms with van der Waals surface area (Å²) in [5.41, 5.74) is 3.87. The Morgan fingerprint density at radius 2 is 1.34 bits per heavy atom. The maximum absolute atomic E-state index is 14.4. The summed E-state index contributed by atoms with van der Waals surface area (Å²) in [6.07, 6.45) is 0.228. The van der Waals surface area contributed by atoms with Crippen LogP contribution >= 0.6 is 0 Å². The van der Waals surface area contributed by atoms with E-state index in [1.165, 1.54) is 17.0 Å². The van der Waals surface area contributed by atoms with Gasteiger partial charge in [0.1, 0.15) is 18.4 Å². The molecule has 0 aliphatic carbocycles. The fraction of sp³-hybridized carbons (Fsp3) is 0.257. The Morgan fingerprint density at radius 3 is 1.91 bits per heavy atom. The van der Waals surface area contributed by atoms with Crippen molar-refractivity contribution in [2.75, 3.05) is 10.8 Å². The van der Waals surface area contributed by atoms with E-state index in [0.29, 0.717) is 0 Å². The van der Waals surface area contributed by atoms with Crippen LogP contribution in [-0.2, 0) is 32.6 Å². The molecule has 9 heteroatoms. The van der Waals surface area contributed by atoms with E-state index in [0.717, 1.165) is 38.7 Å². The van der Waals surface area contributed by atoms with Crippen LogP contribution in [0.5, 0.6) is 0 Å². The van der Waals surface area contributed by atoms with Gasteiger partial charge in [0, 0.05) is 19.0 Å². The van der Waals surface area contributed by atoms with Gasteiger partial charge in [-0.2, -0.15) is 0 Å². The second-order valence-corrected chi connectivity index (χ2v) is 13.0. The molecule has 0 saturated carbocycles. The molecule has 2 amide bonds. The van der Waals surface area contributed by atoms with E-state index in [4.69, 9.17) is 0 Å². The molecule has 0 aromatic heterocycles. The summed E-state index contributed by atoms with van der Waals surface area (Å²) in [5, 5.41) is 2.95. The topological polar surface area (TPSA) is 86.8 Å². The van der Waals surface area contributed by atoms with Gasteiger partial charge in [0.25, 0.3) is 10.0 Å². The van der Waals surface area contributed by atoms with E-state index < -0.39 is 34.3 Å². The van der Waals surface area contributed by atoms with Gasteiger partial charge in [0.05, 0.1) is 10.6 Å². The molecule has 0 aliphatic rings. The number of hydrogen-bond acceptors (Lipinski definition) is 4. The number of amides is 2.